The van der Waals surface area contributed by atoms with Gasteiger partial charge in [-0.15, -0.1) is 0 Å². The van der Waals surface area contributed by atoms with Crippen LogP contribution in [-0.2, 0) is 27.3 Å². The lowest BCUT2D eigenvalue weighted by atomic mass is 9.91. The second-order valence-electron chi connectivity index (χ2n) is 10.1. The zero-order valence-electron chi connectivity index (χ0n) is 21.1. The standard InChI is InChI=1S/C28H31ClN4O5/c29-22-10-8-19(9-11-22)6-7-20-12-14-31(15-13-20)28(37)38-33-26(35)24-18-30-17-23(32(24)27(33)36)25(34)16-21-4-2-1-3-5-21/h1-5,8-11,20,23-24,30H,6-7,12-18H2. The van der Waals surface area contributed by atoms with E-state index in [9.17, 15) is 19.2 Å². The molecule has 38 heavy (non-hydrogen) atoms. The maximum Gasteiger partial charge on any atom is 0.434 e. The first-order valence-corrected chi connectivity index (χ1v) is 13.4. The second-order valence-corrected chi connectivity index (χ2v) is 10.5. The van der Waals surface area contributed by atoms with Crippen molar-refractivity contribution in [2.24, 2.45) is 5.92 Å². The van der Waals surface area contributed by atoms with Gasteiger partial charge in [-0.3, -0.25) is 14.5 Å². The van der Waals surface area contributed by atoms with Gasteiger partial charge >= 0.3 is 12.1 Å². The Balaban J connectivity index is 1.14. The van der Waals surface area contributed by atoms with Crippen LogP contribution >= 0.6 is 11.6 Å². The number of aryl methyl sites for hydroxylation is 1. The molecule has 4 amide bonds. The molecular weight excluding hydrogens is 508 g/mol. The monoisotopic (exact) mass is 538 g/mol. The molecular formula is C28H31ClN4O5. The topological polar surface area (TPSA) is 99.3 Å². The van der Waals surface area contributed by atoms with Gasteiger partial charge in [0.15, 0.2) is 5.78 Å². The lowest BCUT2D eigenvalue weighted by Gasteiger charge is -2.34. The minimum absolute atomic E-state index is 0.143. The predicted molar refractivity (Wildman–Crippen MR) is 140 cm³/mol. The van der Waals surface area contributed by atoms with Crippen LogP contribution in [0.15, 0.2) is 54.6 Å². The van der Waals surface area contributed by atoms with Crippen LogP contribution in [-0.4, -0.2) is 76.9 Å². The van der Waals surface area contributed by atoms with Gasteiger partial charge in [0.2, 0.25) is 0 Å². The molecule has 0 aromatic heterocycles. The van der Waals surface area contributed by atoms with Crippen molar-refractivity contribution in [3.8, 4) is 0 Å². The number of nitrogens with zero attached hydrogens (tertiary/aromatic N) is 3. The number of imide groups is 1. The van der Waals surface area contributed by atoms with Crippen LogP contribution in [0.3, 0.4) is 0 Å². The van der Waals surface area contributed by atoms with Gasteiger partial charge in [-0.05, 0) is 54.9 Å². The Morgan fingerprint density at radius 1 is 0.947 bits per heavy atom. The smallest absolute Gasteiger partial charge is 0.312 e. The van der Waals surface area contributed by atoms with E-state index < -0.39 is 30.1 Å². The number of piperidine rings is 1. The van der Waals surface area contributed by atoms with Crippen LogP contribution in [0.4, 0.5) is 9.59 Å². The van der Waals surface area contributed by atoms with E-state index in [0.717, 1.165) is 36.3 Å². The Bertz CT molecular complexity index is 1180. The molecule has 5 rings (SSSR count). The molecule has 0 saturated carbocycles. The molecule has 2 unspecified atom stereocenters. The molecule has 9 nitrogen and oxygen atoms in total. The number of rotatable bonds is 7. The number of amides is 4. The number of ketones is 1. The van der Waals surface area contributed by atoms with Crippen molar-refractivity contribution in [1.82, 2.24) is 20.2 Å². The van der Waals surface area contributed by atoms with Crippen LogP contribution in [0.2, 0.25) is 5.02 Å². The van der Waals surface area contributed by atoms with E-state index in [1.54, 1.807) is 0 Å². The largest absolute Gasteiger partial charge is 0.434 e. The lowest BCUT2D eigenvalue weighted by molar-refractivity contribution is -0.152. The molecule has 0 bridgehead atoms. The van der Waals surface area contributed by atoms with E-state index in [0.29, 0.717) is 24.1 Å². The highest BCUT2D eigenvalue weighted by Crippen LogP contribution is 2.27. The summed E-state index contributed by atoms with van der Waals surface area (Å²) in [4.78, 5) is 60.2. The zero-order chi connectivity index (χ0) is 26.6. The van der Waals surface area contributed by atoms with E-state index in [1.807, 2.05) is 54.6 Å². The fraction of sp³-hybridized carbons (Fsp3) is 0.429. The maximum absolute atomic E-state index is 13.2. The molecule has 3 fully saturated rings. The fourth-order valence-corrected chi connectivity index (χ4v) is 5.53. The molecule has 2 atom stereocenters. The summed E-state index contributed by atoms with van der Waals surface area (Å²) in [6.45, 7) is 1.43. The Morgan fingerprint density at radius 2 is 1.66 bits per heavy atom. The van der Waals surface area contributed by atoms with Crippen molar-refractivity contribution in [3.63, 3.8) is 0 Å². The van der Waals surface area contributed by atoms with Gasteiger partial charge < -0.3 is 15.1 Å². The lowest BCUT2D eigenvalue weighted by Crippen LogP contribution is -2.60. The van der Waals surface area contributed by atoms with Crippen LogP contribution in [0, 0.1) is 5.92 Å². The summed E-state index contributed by atoms with van der Waals surface area (Å²) in [5, 5.41) is 4.33. The SMILES string of the molecule is O=C(Cc1ccccc1)C1CNCC2C(=O)N(OC(=O)N3CCC(CCc4ccc(Cl)cc4)CC3)C(=O)N12. The molecule has 3 aliphatic rings. The summed E-state index contributed by atoms with van der Waals surface area (Å²) in [6, 6.07) is 14.6. The highest BCUT2D eigenvalue weighted by molar-refractivity contribution is 6.30. The van der Waals surface area contributed by atoms with E-state index in [1.165, 1.54) is 15.4 Å². The fourth-order valence-electron chi connectivity index (χ4n) is 5.41. The van der Waals surface area contributed by atoms with Gasteiger partial charge in [-0.25, -0.2) is 9.59 Å². The van der Waals surface area contributed by atoms with Crippen molar-refractivity contribution in [2.75, 3.05) is 26.2 Å². The molecule has 3 saturated heterocycles. The van der Waals surface area contributed by atoms with E-state index in [-0.39, 0.29) is 25.3 Å². The van der Waals surface area contributed by atoms with Crippen molar-refractivity contribution >= 4 is 35.4 Å². The number of Topliss-reactive ketones (excluding diaryl/α,β-unsaturated/α-hetero) is 1. The van der Waals surface area contributed by atoms with E-state index >= 15 is 0 Å². The molecule has 3 aliphatic heterocycles. The van der Waals surface area contributed by atoms with Gasteiger partial charge in [0.05, 0.1) is 0 Å². The Kier molecular flexibility index (Phi) is 7.95. The minimum atomic E-state index is -0.882. The first kappa shape index (κ1) is 26.2. The summed E-state index contributed by atoms with van der Waals surface area (Å²) < 4.78 is 0. The van der Waals surface area contributed by atoms with Crippen LogP contribution < -0.4 is 5.32 Å². The highest BCUT2D eigenvalue weighted by atomic mass is 35.5. The molecule has 2 aromatic carbocycles. The van der Waals surface area contributed by atoms with Gasteiger partial charge in [0, 0.05) is 37.6 Å². The summed E-state index contributed by atoms with van der Waals surface area (Å²) in [5.41, 5.74) is 2.06. The van der Waals surface area contributed by atoms with Gasteiger partial charge in [-0.2, -0.15) is 0 Å². The first-order valence-electron chi connectivity index (χ1n) is 13.1. The highest BCUT2D eigenvalue weighted by Gasteiger charge is 2.53. The number of carbonyl (C=O) groups is 4. The average molecular weight is 539 g/mol. The molecule has 0 radical (unpaired) electrons. The Hall–Kier alpha value is -3.43. The number of hydrogen-bond acceptors (Lipinski definition) is 6. The average Bonchev–Trinajstić information content (AvgIpc) is 3.18. The molecule has 2 aromatic rings. The normalized spacial score (nSPS) is 22.0. The van der Waals surface area contributed by atoms with Gasteiger partial charge in [0.25, 0.3) is 5.91 Å². The predicted octanol–water partition coefficient (Wildman–Crippen LogP) is 3.45. The molecule has 0 spiro atoms. The number of nitrogens with one attached hydrogen (secondary N) is 1. The van der Waals surface area contributed by atoms with Crippen LogP contribution in [0.1, 0.15) is 30.4 Å². The Morgan fingerprint density at radius 3 is 2.37 bits per heavy atom. The zero-order valence-corrected chi connectivity index (χ0v) is 21.8. The van der Waals surface area contributed by atoms with Crippen LogP contribution in [0.5, 0.6) is 0 Å². The van der Waals surface area contributed by atoms with Crippen molar-refractivity contribution < 1.29 is 24.0 Å². The van der Waals surface area contributed by atoms with Gasteiger partial charge in [-0.1, -0.05) is 59.1 Å². The summed E-state index contributed by atoms with van der Waals surface area (Å²) in [5.74, 6) is -0.337. The molecule has 1 N–H and O–H groups in total. The van der Waals surface area contributed by atoms with Crippen molar-refractivity contribution in [2.45, 2.75) is 44.2 Å². The van der Waals surface area contributed by atoms with Crippen molar-refractivity contribution in [1.29, 1.82) is 0 Å². The molecule has 3 heterocycles. The Labute approximate surface area is 226 Å². The summed E-state index contributed by atoms with van der Waals surface area (Å²) >= 11 is 5.96. The third-order valence-electron chi connectivity index (χ3n) is 7.62. The number of piperazine rings is 1. The van der Waals surface area contributed by atoms with Crippen LogP contribution in [0.25, 0.3) is 0 Å². The van der Waals surface area contributed by atoms with E-state index in [4.69, 9.17) is 16.4 Å². The third kappa shape index (κ3) is 5.68. The number of hydrogen-bond donors (Lipinski definition) is 1. The second kappa shape index (κ2) is 11.5. The number of fused-ring (bicyclic) bond motifs is 1. The number of benzene rings is 2. The first-order chi connectivity index (χ1) is 18.4. The number of urea groups is 1. The van der Waals surface area contributed by atoms with E-state index in [2.05, 4.69) is 5.32 Å². The quantitative estimate of drug-likeness (QED) is 0.542. The van der Waals surface area contributed by atoms with Gasteiger partial charge in [0.1, 0.15) is 12.1 Å². The number of carbonyl (C=O) groups excluding carboxylic acids is 4. The summed E-state index contributed by atoms with van der Waals surface area (Å²) in [6.07, 6.45) is 3.01. The number of hydroxylamine groups is 2. The molecule has 200 valence electrons. The minimum Gasteiger partial charge on any atom is -0.312 e. The summed E-state index contributed by atoms with van der Waals surface area (Å²) in [7, 11) is 0. The number of likely N-dealkylation sites (tertiary alicyclic amines) is 1. The third-order valence-corrected chi connectivity index (χ3v) is 7.87. The molecule has 10 heteroatoms. The molecule has 0 aliphatic carbocycles. The van der Waals surface area contributed by atoms with Crippen molar-refractivity contribution in [3.05, 3.63) is 70.7 Å². The maximum atomic E-state index is 13.2. The number of halogens is 1.